The Morgan fingerprint density at radius 1 is 1.38 bits per heavy atom. The summed E-state index contributed by atoms with van der Waals surface area (Å²) in [7, 11) is 0. The highest BCUT2D eigenvalue weighted by Gasteiger charge is 2.49. The molecule has 0 unspecified atom stereocenters. The molecule has 2 aliphatic rings. The normalized spacial score (nSPS) is 23.9. The molecule has 16 heavy (non-hydrogen) atoms. The van der Waals surface area contributed by atoms with Gasteiger partial charge in [0.05, 0.1) is 6.61 Å². The van der Waals surface area contributed by atoms with E-state index in [1.807, 2.05) is 11.8 Å². The predicted molar refractivity (Wildman–Crippen MR) is 62.4 cm³/mol. The van der Waals surface area contributed by atoms with E-state index in [9.17, 15) is 4.79 Å². The number of nitrogens with zero attached hydrogens (tertiary/aromatic N) is 2. The molecule has 0 saturated carbocycles. The molecule has 2 aliphatic heterocycles. The van der Waals surface area contributed by atoms with Gasteiger partial charge in [0.2, 0.25) is 0 Å². The van der Waals surface area contributed by atoms with Crippen molar-refractivity contribution in [1.82, 2.24) is 9.80 Å². The number of amides is 1. The lowest BCUT2D eigenvalue weighted by molar-refractivity contribution is 0.00220. The summed E-state index contributed by atoms with van der Waals surface area (Å²) in [5.41, 5.74) is 0.372. The van der Waals surface area contributed by atoms with Crippen LogP contribution >= 0.6 is 0 Å². The zero-order valence-electron chi connectivity index (χ0n) is 10.5. The fraction of sp³-hybridized carbons (Fsp3) is 0.917. The van der Waals surface area contributed by atoms with E-state index in [0.29, 0.717) is 18.1 Å². The smallest absolute Gasteiger partial charge is 0.409 e. The van der Waals surface area contributed by atoms with Crippen molar-refractivity contribution in [2.75, 3.05) is 32.8 Å². The van der Waals surface area contributed by atoms with E-state index in [1.165, 1.54) is 13.0 Å². The Bertz CT molecular complexity index is 272. The number of hydrogen-bond donors (Lipinski definition) is 0. The molecule has 2 fully saturated rings. The first-order valence-corrected chi connectivity index (χ1v) is 6.22. The lowest BCUT2D eigenvalue weighted by Crippen LogP contribution is -2.59. The van der Waals surface area contributed by atoms with Crippen molar-refractivity contribution in [2.24, 2.45) is 5.41 Å². The van der Waals surface area contributed by atoms with E-state index < -0.39 is 0 Å². The third-order valence-corrected chi connectivity index (χ3v) is 3.78. The number of carbonyl (C=O) groups is 1. The summed E-state index contributed by atoms with van der Waals surface area (Å²) in [5, 5.41) is 0. The van der Waals surface area contributed by atoms with Gasteiger partial charge in [-0.1, -0.05) is 0 Å². The molecule has 0 aliphatic carbocycles. The van der Waals surface area contributed by atoms with Crippen LogP contribution in [0, 0.1) is 5.41 Å². The quantitative estimate of drug-likeness (QED) is 0.716. The maximum Gasteiger partial charge on any atom is 0.409 e. The van der Waals surface area contributed by atoms with Crippen LogP contribution in [0.5, 0.6) is 0 Å². The van der Waals surface area contributed by atoms with Crippen LogP contribution in [-0.2, 0) is 4.74 Å². The molecular formula is C12H22N2O2. The number of hydrogen-bond acceptors (Lipinski definition) is 3. The van der Waals surface area contributed by atoms with Gasteiger partial charge in [-0.25, -0.2) is 4.79 Å². The second kappa shape index (κ2) is 4.24. The summed E-state index contributed by atoms with van der Waals surface area (Å²) in [6, 6.07) is 0.621. The van der Waals surface area contributed by atoms with E-state index in [4.69, 9.17) is 4.74 Å². The molecule has 0 N–H and O–H groups in total. The summed E-state index contributed by atoms with van der Waals surface area (Å²) < 4.78 is 5.00. The van der Waals surface area contributed by atoms with Crippen LogP contribution in [0.2, 0.25) is 0 Å². The van der Waals surface area contributed by atoms with E-state index in [2.05, 4.69) is 18.7 Å². The van der Waals surface area contributed by atoms with Crippen LogP contribution < -0.4 is 0 Å². The molecule has 2 heterocycles. The molecular weight excluding hydrogens is 204 g/mol. The summed E-state index contributed by atoms with van der Waals surface area (Å²) in [6.07, 6.45) is 1.08. The zero-order chi connectivity index (χ0) is 11.8. The van der Waals surface area contributed by atoms with Crippen LogP contribution in [0.1, 0.15) is 27.2 Å². The molecule has 4 heteroatoms. The summed E-state index contributed by atoms with van der Waals surface area (Å²) in [4.78, 5) is 15.8. The van der Waals surface area contributed by atoms with Crippen molar-refractivity contribution in [3.8, 4) is 0 Å². The lowest BCUT2D eigenvalue weighted by atomic mass is 9.79. The van der Waals surface area contributed by atoms with Crippen molar-refractivity contribution in [1.29, 1.82) is 0 Å². The first kappa shape index (κ1) is 11.7. The Labute approximate surface area is 97.5 Å². The van der Waals surface area contributed by atoms with Crippen molar-refractivity contribution in [3.05, 3.63) is 0 Å². The van der Waals surface area contributed by atoms with Gasteiger partial charge in [0.25, 0.3) is 0 Å². The molecule has 4 nitrogen and oxygen atoms in total. The molecule has 0 aromatic carbocycles. The second-order valence-electron chi connectivity index (χ2n) is 5.37. The summed E-state index contributed by atoms with van der Waals surface area (Å²) >= 11 is 0. The minimum Gasteiger partial charge on any atom is -0.450 e. The third-order valence-electron chi connectivity index (χ3n) is 3.78. The molecule has 1 spiro atoms. The van der Waals surface area contributed by atoms with Crippen LogP contribution in [0.4, 0.5) is 4.79 Å². The molecule has 0 aromatic rings. The average molecular weight is 226 g/mol. The number of carbonyl (C=O) groups excluding carboxylic acids is 1. The molecule has 0 aromatic heterocycles. The molecule has 92 valence electrons. The Hall–Kier alpha value is -0.770. The molecule has 1 amide bonds. The Balaban J connectivity index is 1.81. The monoisotopic (exact) mass is 226 g/mol. The van der Waals surface area contributed by atoms with Crippen LogP contribution in [-0.4, -0.2) is 54.7 Å². The van der Waals surface area contributed by atoms with Crippen LogP contribution in [0.3, 0.4) is 0 Å². The molecule has 0 atom stereocenters. The fourth-order valence-corrected chi connectivity index (χ4v) is 2.78. The fourth-order valence-electron chi connectivity index (χ4n) is 2.78. The van der Waals surface area contributed by atoms with E-state index in [0.717, 1.165) is 19.6 Å². The Morgan fingerprint density at radius 3 is 2.56 bits per heavy atom. The highest BCUT2D eigenvalue weighted by atomic mass is 16.6. The highest BCUT2D eigenvalue weighted by molar-refractivity contribution is 5.69. The van der Waals surface area contributed by atoms with Crippen molar-refractivity contribution >= 4 is 6.09 Å². The number of likely N-dealkylation sites (tertiary alicyclic amines) is 2. The Kier molecular flexibility index (Phi) is 3.10. The van der Waals surface area contributed by atoms with Gasteiger partial charge in [-0.3, -0.25) is 0 Å². The molecule has 0 bridgehead atoms. The van der Waals surface area contributed by atoms with Crippen LogP contribution in [0.15, 0.2) is 0 Å². The van der Waals surface area contributed by atoms with Crippen molar-refractivity contribution in [3.63, 3.8) is 0 Å². The third kappa shape index (κ3) is 2.03. The van der Waals surface area contributed by atoms with Crippen molar-refractivity contribution in [2.45, 2.75) is 33.2 Å². The minimum absolute atomic E-state index is 0.142. The second-order valence-corrected chi connectivity index (χ2v) is 5.37. The van der Waals surface area contributed by atoms with Gasteiger partial charge in [0.1, 0.15) is 0 Å². The molecule has 2 rings (SSSR count). The van der Waals surface area contributed by atoms with Gasteiger partial charge < -0.3 is 14.5 Å². The van der Waals surface area contributed by atoms with Gasteiger partial charge in [0, 0.05) is 31.1 Å². The first-order chi connectivity index (χ1) is 7.56. The molecule has 0 radical (unpaired) electrons. The average Bonchev–Trinajstić information content (AvgIpc) is 2.60. The highest BCUT2D eigenvalue weighted by Crippen LogP contribution is 2.40. The maximum atomic E-state index is 11.5. The topological polar surface area (TPSA) is 32.8 Å². The summed E-state index contributed by atoms with van der Waals surface area (Å²) in [5.74, 6) is 0. The minimum atomic E-state index is -0.142. The lowest BCUT2D eigenvalue weighted by Gasteiger charge is -2.47. The van der Waals surface area contributed by atoms with Gasteiger partial charge in [-0.2, -0.15) is 0 Å². The van der Waals surface area contributed by atoms with E-state index in [-0.39, 0.29) is 6.09 Å². The SMILES string of the molecule is CCOC(=O)N1CC2(CCN(C(C)C)C2)C1. The number of rotatable bonds is 2. The summed E-state index contributed by atoms with van der Waals surface area (Å²) in [6.45, 7) is 10.9. The first-order valence-electron chi connectivity index (χ1n) is 6.22. The molecule has 2 saturated heterocycles. The van der Waals surface area contributed by atoms with Crippen LogP contribution in [0.25, 0.3) is 0 Å². The van der Waals surface area contributed by atoms with E-state index >= 15 is 0 Å². The van der Waals surface area contributed by atoms with Gasteiger partial charge >= 0.3 is 6.09 Å². The van der Waals surface area contributed by atoms with E-state index in [1.54, 1.807) is 0 Å². The zero-order valence-corrected chi connectivity index (χ0v) is 10.5. The van der Waals surface area contributed by atoms with Gasteiger partial charge in [-0.15, -0.1) is 0 Å². The standard InChI is InChI=1S/C12H22N2O2/c1-4-16-11(15)14-8-12(9-14)5-6-13(7-12)10(2)3/h10H,4-9H2,1-3H3. The van der Waals surface area contributed by atoms with Crippen molar-refractivity contribution < 1.29 is 9.53 Å². The number of ether oxygens (including phenoxy) is 1. The van der Waals surface area contributed by atoms with Gasteiger partial charge in [0.15, 0.2) is 0 Å². The maximum absolute atomic E-state index is 11.5. The largest absolute Gasteiger partial charge is 0.450 e. The van der Waals surface area contributed by atoms with Gasteiger partial charge in [-0.05, 0) is 33.7 Å². The Morgan fingerprint density at radius 2 is 2.06 bits per heavy atom. The predicted octanol–water partition coefficient (Wildman–Crippen LogP) is 1.56.